The zero-order valence-electron chi connectivity index (χ0n) is 10.4. The summed E-state index contributed by atoms with van der Waals surface area (Å²) >= 11 is 1.66. The molecule has 2 fully saturated rings. The zero-order chi connectivity index (χ0) is 12.4. The Morgan fingerprint density at radius 2 is 2.28 bits per heavy atom. The van der Waals surface area contributed by atoms with Gasteiger partial charge in [0.25, 0.3) is 5.56 Å². The summed E-state index contributed by atoms with van der Waals surface area (Å²) in [7, 11) is 0. The minimum Gasteiger partial charge on any atom is -0.377 e. The van der Waals surface area contributed by atoms with Crippen molar-refractivity contribution in [3.05, 3.63) is 22.6 Å². The van der Waals surface area contributed by atoms with Gasteiger partial charge in [0.2, 0.25) is 0 Å². The third-order valence-electron chi connectivity index (χ3n) is 3.42. The van der Waals surface area contributed by atoms with E-state index in [4.69, 9.17) is 4.74 Å². The molecule has 1 atom stereocenters. The molecule has 0 bridgehead atoms. The molecule has 0 N–H and O–H groups in total. The van der Waals surface area contributed by atoms with Crippen molar-refractivity contribution in [2.24, 2.45) is 0 Å². The van der Waals surface area contributed by atoms with E-state index in [9.17, 15) is 4.79 Å². The first-order valence-electron chi connectivity index (χ1n) is 6.66. The van der Waals surface area contributed by atoms with Crippen LogP contribution in [-0.4, -0.2) is 28.0 Å². The molecule has 0 radical (unpaired) electrons. The first-order valence-corrected chi connectivity index (χ1v) is 7.65. The molecular formula is C13H18N2O2S. The lowest BCUT2D eigenvalue weighted by Crippen LogP contribution is -2.22. The van der Waals surface area contributed by atoms with E-state index < -0.39 is 0 Å². The van der Waals surface area contributed by atoms with Crippen LogP contribution in [0.5, 0.6) is 0 Å². The van der Waals surface area contributed by atoms with Crippen LogP contribution in [0, 0.1) is 0 Å². The Hall–Kier alpha value is -0.810. The Labute approximate surface area is 111 Å². The van der Waals surface area contributed by atoms with Crippen LogP contribution in [0.3, 0.4) is 0 Å². The monoisotopic (exact) mass is 266 g/mol. The van der Waals surface area contributed by atoms with Crippen LogP contribution in [0.15, 0.2) is 22.2 Å². The number of aromatic nitrogens is 2. The summed E-state index contributed by atoms with van der Waals surface area (Å²) < 4.78 is 7.86. The predicted molar refractivity (Wildman–Crippen MR) is 71.1 cm³/mol. The Bertz CT molecular complexity index is 464. The van der Waals surface area contributed by atoms with E-state index in [0.717, 1.165) is 23.9 Å². The van der Waals surface area contributed by atoms with E-state index in [0.29, 0.717) is 12.1 Å². The van der Waals surface area contributed by atoms with Crippen LogP contribution < -0.4 is 5.56 Å². The molecule has 4 nitrogen and oxygen atoms in total. The molecule has 18 heavy (non-hydrogen) atoms. The normalized spacial score (nSPS) is 24.1. The van der Waals surface area contributed by atoms with Crippen molar-refractivity contribution in [3.63, 3.8) is 0 Å². The summed E-state index contributed by atoms with van der Waals surface area (Å²) in [5.41, 5.74) is -0.140. The van der Waals surface area contributed by atoms with Crippen molar-refractivity contribution in [1.29, 1.82) is 0 Å². The van der Waals surface area contributed by atoms with E-state index in [2.05, 4.69) is 9.55 Å². The van der Waals surface area contributed by atoms with Gasteiger partial charge in [0, 0.05) is 30.7 Å². The van der Waals surface area contributed by atoms with Crippen LogP contribution in [-0.2, 0) is 4.74 Å². The molecule has 1 saturated heterocycles. The smallest absolute Gasteiger partial charge is 0.273 e. The van der Waals surface area contributed by atoms with Gasteiger partial charge in [-0.1, -0.05) is 11.8 Å². The Kier molecular flexibility index (Phi) is 3.70. The van der Waals surface area contributed by atoms with E-state index >= 15 is 0 Å². The first-order chi connectivity index (χ1) is 8.83. The molecule has 1 saturated carbocycles. The van der Waals surface area contributed by atoms with Gasteiger partial charge in [0.1, 0.15) is 0 Å². The van der Waals surface area contributed by atoms with Crippen LogP contribution in [0.4, 0.5) is 0 Å². The topological polar surface area (TPSA) is 44.1 Å². The summed E-state index contributed by atoms with van der Waals surface area (Å²) in [5, 5.41) is 0.860. The molecule has 0 unspecified atom stereocenters. The molecule has 5 heteroatoms. The van der Waals surface area contributed by atoms with E-state index in [1.807, 2.05) is 6.20 Å². The van der Waals surface area contributed by atoms with Crippen molar-refractivity contribution in [1.82, 2.24) is 9.55 Å². The molecule has 98 valence electrons. The second kappa shape index (κ2) is 5.45. The van der Waals surface area contributed by atoms with Crippen molar-refractivity contribution in [2.75, 3.05) is 12.4 Å². The average molecular weight is 266 g/mol. The molecule has 3 rings (SSSR count). The Morgan fingerprint density at radius 1 is 1.39 bits per heavy atom. The fourth-order valence-corrected chi connectivity index (χ4v) is 3.35. The van der Waals surface area contributed by atoms with Crippen molar-refractivity contribution in [3.8, 4) is 0 Å². The molecule has 2 heterocycles. The minimum atomic E-state index is -0.140. The fourth-order valence-electron chi connectivity index (χ4n) is 2.24. The molecular weight excluding hydrogens is 248 g/mol. The maximum Gasteiger partial charge on any atom is 0.273 e. The molecule has 0 amide bonds. The van der Waals surface area contributed by atoms with Gasteiger partial charge in [-0.05, 0) is 32.1 Å². The van der Waals surface area contributed by atoms with Gasteiger partial charge in [-0.25, -0.2) is 0 Å². The Balaban J connectivity index is 1.67. The number of nitrogens with zero attached hydrogens (tertiary/aromatic N) is 2. The highest BCUT2D eigenvalue weighted by molar-refractivity contribution is 7.99. The average Bonchev–Trinajstić information content (AvgIpc) is 3.22. The third kappa shape index (κ3) is 2.95. The summed E-state index contributed by atoms with van der Waals surface area (Å²) in [6.45, 7) is 0.878. The standard InChI is InChI=1S/C13H18N2O2S/c16-12-6-7-15(10-4-5-10)13(14-12)18-9-11-3-1-2-8-17-11/h6-7,10-11H,1-5,8-9H2/t11-/m0/s1. The molecule has 2 aliphatic rings. The first kappa shape index (κ1) is 12.2. The highest BCUT2D eigenvalue weighted by atomic mass is 32.2. The third-order valence-corrected chi connectivity index (χ3v) is 4.52. The maximum atomic E-state index is 11.4. The summed E-state index contributed by atoms with van der Waals surface area (Å²) in [4.78, 5) is 15.5. The van der Waals surface area contributed by atoms with Crippen molar-refractivity contribution >= 4 is 11.8 Å². The molecule has 1 aromatic heterocycles. The van der Waals surface area contributed by atoms with Crippen LogP contribution >= 0.6 is 11.8 Å². The number of thioether (sulfide) groups is 1. The van der Waals surface area contributed by atoms with Gasteiger partial charge in [0.15, 0.2) is 5.16 Å². The lowest BCUT2D eigenvalue weighted by atomic mass is 10.1. The Morgan fingerprint density at radius 3 is 3.00 bits per heavy atom. The highest BCUT2D eigenvalue weighted by Crippen LogP contribution is 2.37. The number of hydrogen-bond acceptors (Lipinski definition) is 4. The number of hydrogen-bond donors (Lipinski definition) is 0. The van der Waals surface area contributed by atoms with Gasteiger partial charge < -0.3 is 9.30 Å². The lowest BCUT2D eigenvalue weighted by molar-refractivity contribution is 0.0315. The predicted octanol–water partition coefficient (Wildman–Crippen LogP) is 2.24. The second-order valence-corrected chi connectivity index (χ2v) is 5.97. The highest BCUT2D eigenvalue weighted by Gasteiger charge is 2.26. The van der Waals surface area contributed by atoms with Crippen molar-refractivity contribution < 1.29 is 4.74 Å². The van der Waals surface area contributed by atoms with Gasteiger partial charge in [-0.2, -0.15) is 4.98 Å². The lowest BCUT2D eigenvalue weighted by Gasteiger charge is -2.22. The summed E-state index contributed by atoms with van der Waals surface area (Å²) in [6.07, 6.45) is 8.19. The SMILES string of the molecule is O=c1ccn(C2CC2)c(SC[C@@H]2CCCCO2)n1. The van der Waals surface area contributed by atoms with Crippen LogP contribution in [0.1, 0.15) is 38.1 Å². The molecule has 1 aliphatic carbocycles. The van der Waals surface area contributed by atoms with Gasteiger partial charge >= 0.3 is 0 Å². The second-order valence-electron chi connectivity index (χ2n) is 4.99. The number of ether oxygens (including phenoxy) is 1. The van der Waals surface area contributed by atoms with Gasteiger partial charge in [-0.15, -0.1) is 0 Å². The van der Waals surface area contributed by atoms with Gasteiger partial charge in [-0.3, -0.25) is 4.79 Å². The van der Waals surface area contributed by atoms with Crippen molar-refractivity contribution in [2.45, 2.75) is 49.4 Å². The molecule has 0 aromatic carbocycles. The summed E-state index contributed by atoms with van der Waals surface area (Å²) in [5.74, 6) is 0.906. The summed E-state index contributed by atoms with van der Waals surface area (Å²) in [6, 6.07) is 2.12. The molecule has 1 aliphatic heterocycles. The largest absolute Gasteiger partial charge is 0.377 e. The van der Waals surface area contributed by atoms with Crippen LogP contribution in [0.25, 0.3) is 0 Å². The van der Waals surface area contributed by atoms with Gasteiger partial charge in [0.05, 0.1) is 6.10 Å². The minimum absolute atomic E-state index is 0.140. The zero-order valence-corrected chi connectivity index (χ0v) is 11.2. The van der Waals surface area contributed by atoms with E-state index in [1.54, 1.807) is 17.8 Å². The van der Waals surface area contributed by atoms with Crippen LogP contribution in [0.2, 0.25) is 0 Å². The van der Waals surface area contributed by atoms with E-state index in [1.165, 1.54) is 25.7 Å². The fraction of sp³-hybridized carbons (Fsp3) is 0.692. The maximum absolute atomic E-state index is 11.4. The van der Waals surface area contributed by atoms with E-state index in [-0.39, 0.29) is 5.56 Å². The number of rotatable bonds is 4. The molecule has 0 spiro atoms. The molecule has 1 aromatic rings. The quantitative estimate of drug-likeness (QED) is 0.619.